The summed E-state index contributed by atoms with van der Waals surface area (Å²) in [6, 6.07) is 20.1. The van der Waals surface area contributed by atoms with Crippen molar-refractivity contribution >= 4 is 28.2 Å². The number of rotatable bonds is 10. The van der Waals surface area contributed by atoms with Gasteiger partial charge in [0, 0.05) is 18.7 Å². The lowest BCUT2D eigenvalue weighted by atomic mass is 9.91. The van der Waals surface area contributed by atoms with Crippen LogP contribution in [0.25, 0.3) is 16.5 Å². The minimum Gasteiger partial charge on any atom is -0.507 e. The summed E-state index contributed by atoms with van der Waals surface area (Å²) >= 11 is 0. The molecule has 188 valence electrons. The maximum Gasteiger partial charge on any atom is 0.295 e. The molecule has 36 heavy (non-hydrogen) atoms. The van der Waals surface area contributed by atoms with Gasteiger partial charge < -0.3 is 19.6 Å². The average molecular weight is 487 g/mol. The number of nitrogens with zero attached hydrogens (tertiary/aromatic N) is 2. The quantitative estimate of drug-likeness (QED) is 0.180. The van der Waals surface area contributed by atoms with Crippen molar-refractivity contribution in [2.45, 2.75) is 32.2 Å². The molecule has 0 saturated carbocycles. The second-order valence-electron chi connectivity index (χ2n) is 9.44. The summed E-state index contributed by atoms with van der Waals surface area (Å²) in [6.45, 7) is 3.75. The second kappa shape index (κ2) is 11.4. The lowest BCUT2D eigenvalue weighted by molar-refractivity contribution is -0.140. The number of ether oxygens (including phenoxy) is 1. The van der Waals surface area contributed by atoms with E-state index in [4.69, 9.17) is 4.74 Å². The Labute approximate surface area is 212 Å². The van der Waals surface area contributed by atoms with Crippen LogP contribution < -0.4 is 4.74 Å². The third kappa shape index (κ3) is 5.29. The third-order valence-corrected chi connectivity index (χ3v) is 6.59. The van der Waals surface area contributed by atoms with Crippen molar-refractivity contribution in [2.75, 3.05) is 33.8 Å². The molecule has 1 N–H and O–H groups in total. The standard InChI is InChI=1S/C30H34N2O4/c1-4-5-8-20-36-23-16-14-22(15-17-23)28(33)26-27(32(19-18-31(2)3)30(35)29(26)34)25-13-9-11-21-10-6-7-12-24(21)25/h6-7,9-17,27,33H,4-5,8,18-20H2,1-3H3/b28-26-. The fourth-order valence-electron chi connectivity index (χ4n) is 4.64. The van der Waals surface area contributed by atoms with E-state index in [9.17, 15) is 14.7 Å². The number of aliphatic hydroxyl groups is 1. The molecule has 0 aliphatic carbocycles. The lowest BCUT2D eigenvalue weighted by Crippen LogP contribution is -2.35. The van der Waals surface area contributed by atoms with Crippen molar-refractivity contribution in [1.29, 1.82) is 0 Å². The molecule has 6 nitrogen and oxygen atoms in total. The summed E-state index contributed by atoms with van der Waals surface area (Å²) < 4.78 is 5.78. The molecule has 3 aromatic carbocycles. The zero-order valence-corrected chi connectivity index (χ0v) is 21.2. The molecule has 0 aromatic heterocycles. The zero-order valence-electron chi connectivity index (χ0n) is 21.2. The topological polar surface area (TPSA) is 70.1 Å². The van der Waals surface area contributed by atoms with E-state index in [2.05, 4.69) is 6.92 Å². The van der Waals surface area contributed by atoms with Gasteiger partial charge in [-0.15, -0.1) is 0 Å². The number of Topliss-reactive ketones (excluding diaryl/α,β-unsaturated/α-hetero) is 1. The van der Waals surface area contributed by atoms with Crippen molar-refractivity contribution in [3.63, 3.8) is 0 Å². The Bertz CT molecular complexity index is 1260. The number of hydrogen-bond donors (Lipinski definition) is 1. The summed E-state index contributed by atoms with van der Waals surface area (Å²) in [5.74, 6) is -0.716. The van der Waals surface area contributed by atoms with Crippen molar-refractivity contribution in [2.24, 2.45) is 0 Å². The van der Waals surface area contributed by atoms with E-state index in [1.54, 1.807) is 29.2 Å². The van der Waals surface area contributed by atoms with Gasteiger partial charge in [0.05, 0.1) is 18.2 Å². The fraction of sp³-hybridized carbons (Fsp3) is 0.333. The number of aliphatic hydroxyl groups excluding tert-OH is 1. The molecule has 0 radical (unpaired) electrons. The molecular weight excluding hydrogens is 452 g/mol. The smallest absolute Gasteiger partial charge is 0.295 e. The Morgan fingerprint density at radius 3 is 2.42 bits per heavy atom. The van der Waals surface area contributed by atoms with Gasteiger partial charge in [-0.05, 0) is 61.1 Å². The molecule has 1 aliphatic heterocycles. The van der Waals surface area contributed by atoms with Crippen molar-refractivity contribution in [3.8, 4) is 5.75 Å². The molecule has 1 saturated heterocycles. The highest BCUT2D eigenvalue weighted by atomic mass is 16.5. The van der Waals surface area contributed by atoms with Crippen LogP contribution in [0.5, 0.6) is 5.75 Å². The highest BCUT2D eigenvalue weighted by molar-refractivity contribution is 6.46. The molecule has 3 aromatic rings. The monoisotopic (exact) mass is 486 g/mol. The molecule has 0 bridgehead atoms. The van der Waals surface area contributed by atoms with E-state index in [0.717, 1.165) is 35.6 Å². The first-order chi connectivity index (χ1) is 17.4. The van der Waals surface area contributed by atoms with Gasteiger partial charge in [0.1, 0.15) is 11.5 Å². The number of unbranched alkanes of at least 4 members (excludes halogenated alkanes) is 2. The first-order valence-corrected chi connectivity index (χ1v) is 12.6. The Hall–Kier alpha value is -3.64. The molecule has 6 heteroatoms. The number of fused-ring (bicyclic) bond motifs is 1. The minimum atomic E-state index is -0.680. The molecule has 0 spiro atoms. The number of benzene rings is 3. The number of carbonyl (C=O) groups is 2. The molecule has 4 rings (SSSR count). The summed E-state index contributed by atoms with van der Waals surface area (Å²) in [5.41, 5.74) is 1.42. The highest BCUT2D eigenvalue weighted by Gasteiger charge is 2.46. The minimum absolute atomic E-state index is 0.117. The van der Waals surface area contributed by atoms with E-state index >= 15 is 0 Å². The molecule has 1 fully saturated rings. The number of hydrogen-bond acceptors (Lipinski definition) is 5. The number of likely N-dealkylation sites (N-methyl/N-ethyl adjacent to an activating group) is 1. The van der Waals surface area contributed by atoms with Crippen LogP contribution in [0.2, 0.25) is 0 Å². The Kier molecular flexibility index (Phi) is 8.06. The van der Waals surface area contributed by atoms with E-state index in [-0.39, 0.29) is 11.3 Å². The molecule has 1 amide bonds. The largest absolute Gasteiger partial charge is 0.507 e. The maximum absolute atomic E-state index is 13.3. The van der Waals surface area contributed by atoms with Gasteiger partial charge >= 0.3 is 0 Å². The van der Waals surface area contributed by atoms with Gasteiger partial charge in [0.2, 0.25) is 0 Å². The fourth-order valence-corrected chi connectivity index (χ4v) is 4.64. The van der Waals surface area contributed by atoms with E-state index in [0.29, 0.717) is 31.0 Å². The number of ketones is 1. The number of likely N-dealkylation sites (tertiary alicyclic amines) is 1. The highest BCUT2D eigenvalue weighted by Crippen LogP contribution is 2.41. The van der Waals surface area contributed by atoms with Crippen LogP contribution >= 0.6 is 0 Å². The van der Waals surface area contributed by atoms with Crippen molar-refractivity contribution in [1.82, 2.24) is 9.80 Å². The van der Waals surface area contributed by atoms with Crippen LogP contribution in [0, 0.1) is 0 Å². The SMILES string of the molecule is CCCCCOc1ccc(/C(O)=C2/C(=O)C(=O)N(CCN(C)C)C2c2cccc3ccccc23)cc1. The van der Waals surface area contributed by atoms with Gasteiger partial charge in [0.15, 0.2) is 0 Å². The van der Waals surface area contributed by atoms with Gasteiger partial charge in [-0.3, -0.25) is 9.59 Å². The molecule has 1 unspecified atom stereocenters. The molecule has 1 aliphatic rings. The number of amides is 1. The molecular formula is C30H34N2O4. The normalized spacial score (nSPS) is 17.3. The third-order valence-electron chi connectivity index (χ3n) is 6.59. The van der Waals surface area contributed by atoms with Crippen LogP contribution in [-0.2, 0) is 9.59 Å². The van der Waals surface area contributed by atoms with Crippen LogP contribution in [-0.4, -0.2) is 60.4 Å². The van der Waals surface area contributed by atoms with Gasteiger partial charge in [-0.1, -0.05) is 62.2 Å². The average Bonchev–Trinajstić information content (AvgIpc) is 3.14. The Morgan fingerprint density at radius 1 is 0.972 bits per heavy atom. The zero-order chi connectivity index (χ0) is 25.7. The first-order valence-electron chi connectivity index (χ1n) is 12.6. The molecule has 1 atom stereocenters. The van der Waals surface area contributed by atoms with Crippen molar-refractivity contribution in [3.05, 3.63) is 83.4 Å². The van der Waals surface area contributed by atoms with Crippen LogP contribution in [0.3, 0.4) is 0 Å². The predicted molar refractivity (Wildman–Crippen MR) is 143 cm³/mol. The Balaban J connectivity index is 1.76. The van der Waals surface area contributed by atoms with E-state index in [1.165, 1.54) is 0 Å². The van der Waals surface area contributed by atoms with Gasteiger partial charge in [0.25, 0.3) is 11.7 Å². The summed E-state index contributed by atoms with van der Waals surface area (Å²) in [6.07, 6.45) is 3.22. The van der Waals surface area contributed by atoms with Crippen molar-refractivity contribution < 1.29 is 19.4 Å². The van der Waals surface area contributed by atoms with E-state index < -0.39 is 17.7 Å². The van der Waals surface area contributed by atoms with Gasteiger partial charge in [-0.2, -0.15) is 0 Å². The first kappa shape index (κ1) is 25.5. The van der Waals surface area contributed by atoms with Gasteiger partial charge in [-0.25, -0.2) is 0 Å². The lowest BCUT2D eigenvalue weighted by Gasteiger charge is -2.27. The maximum atomic E-state index is 13.3. The van der Waals surface area contributed by atoms with Crippen LogP contribution in [0.4, 0.5) is 0 Å². The van der Waals surface area contributed by atoms with Crippen LogP contribution in [0.1, 0.15) is 43.4 Å². The van der Waals surface area contributed by atoms with Crippen LogP contribution in [0.15, 0.2) is 72.3 Å². The summed E-state index contributed by atoms with van der Waals surface area (Å²) in [7, 11) is 3.85. The summed E-state index contributed by atoms with van der Waals surface area (Å²) in [4.78, 5) is 30.1. The second-order valence-corrected chi connectivity index (χ2v) is 9.44. The molecule has 1 heterocycles. The predicted octanol–water partition coefficient (Wildman–Crippen LogP) is 5.39. The Morgan fingerprint density at radius 2 is 1.69 bits per heavy atom. The summed E-state index contributed by atoms with van der Waals surface area (Å²) in [5, 5.41) is 13.3. The number of carbonyl (C=O) groups excluding carboxylic acids is 2. The van der Waals surface area contributed by atoms with E-state index in [1.807, 2.05) is 61.5 Å².